The summed E-state index contributed by atoms with van der Waals surface area (Å²) < 4.78 is 11.0. The highest BCUT2D eigenvalue weighted by Gasteiger charge is 2.27. The summed E-state index contributed by atoms with van der Waals surface area (Å²) in [5.74, 6) is 1.80. The molecule has 0 atom stereocenters. The van der Waals surface area contributed by atoms with Crippen LogP contribution in [0.3, 0.4) is 0 Å². The SMILES string of the molecule is CCOC(=O)CCC1c2ccccc2Oc2ccccc21. The second-order valence-corrected chi connectivity index (χ2v) is 5.07. The van der Waals surface area contributed by atoms with E-state index in [1.165, 1.54) is 0 Å². The Hall–Kier alpha value is -2.29. The number of carbonyl (C=O) groups excluding carboxylic acids is 1. The van der Waals surface area contributed by atoms with Crippen LogP contribution in [0.2, 0.25) is 0 Å². The summed E-state index contributed by atoms with van der Waals surface area (Å²) in [6.45, 7) is 2.26. The summed E-state index contributed by atoms with van der Waals surface area (Å²) >= 11 is 0. The smallest absolute Gasteiger partial charge is 0.305 e. The van der Waals surface area contributed by atoms with E-state index in [-0.39, 0.29) is 11.9 Å². The minimum atomic E-state index is -0.140. The number of benzene rings is 2. The predicted octanol–water partition coefficient (Wildman–Crippen LogP) is 4.27. The highest BCUT2D eigenvalue weighted by molar-refractivity contribution is 5.69. The van der Waals surface area contributed by atoms with Crippen molar-refractivity contribution < 1.29 is 14.3 Å². The fourth-order valence-corrected chi connectivity index (χ4v) is 2.82. The first kappa shape index (κ1) is 13.7. The molecule has 0 saturated heterocycles. The Balaban J connectivity index is 1.89. The van der Waals surface area contributed by atoms with Crippen molar-refractivity contribution in [1.82, 2.24) is 0 Å². The Bertz CT molecular complexity index is 603. The second kappa shape index (κ2) is 6.00. The molecular formula is C18H18O3. The van der Waals surface area contributed by atoms with E-state index in [9.17, 15) is 4.79 Å². The van der Waals surface area contributed by atoms with Crippen LogP contribution < -0.4 is 4.74 Å². The van der Waals surface area contributed by atoms with Crippen LogP contribution in [0, 0.1) is 0 Å². The summed E-state index contributed by atoms with van der Waals surface area (Å²) in [7, 11) is 0. The van der Waals surface area contributed by atoms with Crippen LogP contribution in [0.4, 0.5) is 0 Å². The number of fused-ring (bicyclic) bond motifs is 2. The highest BCUT2D eigenvalue weighted by atomic mass is 16.5. The van der Waals surface area contributed by atoms with Crippen molar-refractivity contribution in [3.63, 3.8) is 0 Å². The van der Waals surface area contributed by atoms with Crippen molar-refractivity contribution in [3.8, 4) is 11.5 Å². The van der Waals surface area contributed by atoms with Crippen molar-refractivity contribution in [2.75, 3.05) is 6.61 Å². The Morgan fingerprint density at radius 3 is 2.19 bits per heavy atom. The van der Waals surface area contributed by atoms with Gasteiger partial charge in [0.2, 0.25) is 0 Å². The van der Waals surface area contributed by atoms with Crippen molar-refractivity contribution in [2.24, 2.45) is 0 Å². The average Bonchev–Trinajstić information content (AvgIpc) is 2.51. The molecule has 3 nitrogen and oxygen atoms in total. The lowest BCUT2D eigenvalue weighted by Gasteiger charge is -2.28. The zero-order valence-corrected chi connectivity index (χ0v) is 12.0. The standard InChI is InChI=1S/C18H18O3/c1-2-20-18(19)12-11-13-14-7-3-5-9-16(14)21-17-10-6-4-8-15(13)17/h3-10,13H,2,11-12H2,1H3. The number of hydrogen-bond donors (Lipinski definition) is 0. The zero-order valence-electron chi connectivity index (χ0n) is 12.0. The van der Waals surface area contributed by atoms with Gasteiger partial charge in [0.25, 0.3) is 0 Å². The Labute approximate surface area is 124 Å². The van der Waals surface area contributed by atoms with Gasteiger partial charge in [-0.3, -0.25) is 4.79 Å². The minimum Gasteiger partial charge on any atom is -0.466 e. The molecular weight excluding hydrogens is 264 g/mol. The molecule has 0 spiro atoms. The van der Waals surface area contributed by atoms with Gasteiger partial charge in [-0.15, -0.1) is 0 Å². The van der Waals surface area contributed by atoms with E-state index in [2.05, 4.69) is 12.1 Å². The van der Waals surface area contributed by atoms with E-state index < -0.39 is 0 Å². The molecule has 1 aliphatic heterocycles. The van der Waals surface area contributed by atoms with Gasteiger partial charge in [0.1, 0.15) is 11.5 Å². The van der Waals surface area contributed by atoms with Crippen LogP contribution >= 0.6 is 0 Å². The largest absolute Gasteiger partial charge is 0.466 e. The summed E-state index contributed by atoms with van der Waals surface area (Å²) in [5.41, 5.74) is 2.28. The minimum absolute atomic E-state index is 0.140. The van der Waals surface area contributed by atoms with Crippen LogP contribution in [-0.2, 0) is 9.53 Å². The van der Waals surface area contributed by atoms with E-state index in [4.69, 9.17) is 9.47 Å². The Morgan fingerprint density at radius 2 is 1.62 bits per heavy atom. The molecule has 0 bridgehead atoms. The quantitative estimate of drug-likeness (QED) is 0.786. The number of para-hydroxylation sites is 2. The molecule has 3 heteroatoms. The van der Waals surface area contributed by atoms with Gasteiger partial charge in [0.15, 0.2) is 0 Å². The van der Waals surface area contributed by atoms with E-state index >= 15 is 0 Å². The van der Waals surface area contributed by atoms with Crippen molar-refractivity contribution in [2.45, 2.75) is 25.7 Å². The van der Waals surface area contributed by atoms with Gasteiger partial charge in [-0.2, -0.15) is 0 Å². The third kappa shape index (κ3) is 2.77. The molecule has 0 radical (unpaired) electrons. The topological polar surface area (TPSA) is 35.5 Å². The van der Waals surface area contributed by atoms with Gasteiger partial charge >= 0.3 is 5.97 Å². The van der Waals surface area contributed by atoms with Gasteiger partial charge < -0.3 is 9.47 Å². The molecule has 0 aliphatic carbocycles. The first-order valence-corrected chi connectivity index (χ1v) is 7.31. The lowest BCUT2D eigenvalue weighted by molar-refractivity contribution is -0.143. The van der Waals surface area contributed by atoms with Crippen molar-refractivity contribution in [3.05, 3.63) is 59.7 Å². The summed E-state index contributed by atoms with van der Waals surface area (Å²) in [4.78, 5) is 11.7. The third-order valence-electron chi connectivity index (χ3n) is 3.75. The molecule has 0 unspecified atom stereocenters. The number of esters is 1. The van der Waals surface area contributed by atoms with Gasteiger partial charge in [-0.05, 0) is 25.5 Å². The number of ether oxygens (including phenoxy) is 2. The molecule has 2 aromatic carbocycles. The van der Waals surface area contributed by atoms with Crippen LogP contribution in [0.1, 0.15) is 36.8 Å². The summed E-state index contributed by atoms with van der Waals surface area (Å²) in [6.07, 6.45) is 1.15. The van der Waals surface area contributed by atoms with Crippen LogP contribution in [0.5, 0.6) is 11.5 Å². The van der Waals surface area contributed by atoms with Crippen LogP contribution in [0.15, 0.2) is 48.5 Å². The number of rotatable bonds is 4. The fraction of sp³-hybridized carbons (Fsp3) is 0.278. The molecule has 0 aromatic heterocycles. The van der Waals surface area contributed by atoms with Crippen LogP contribution in [-0.4, -0.2) is 12.6 Å². The zero-order chi connectivity index (χ0) is 14.7. The van der Waals surface area contributed by atoms with E-state index in [0.717, 1.165) is 29.0 Å². The molecule has 0 saturated carbocycles. The highest BCUT2D eigenvalue weighted by Crippen LogP contribution is 2.45. The second-order valence-electron chi connectivity index (χ2n) is 5.07. The average molecular weight is 282 g/mol. The van der Waals surface area contributed by atoms with Crippen molar-refractivity contribution >= 4 is 5.97 Å². The summed E-state index contributed by atoms with van der Waals surface area (Å²) in [6, 6.07) is 16.0. The molecule has 0 amide bonds. The van der Waals surface area contributed by atoms with Gasteiger partial charge in [0, 0.05) is 23.5 Å². The maximum absolute atomic E-state index is 11.7. The van der Waals surface area contributed by atoms with Gasteiger partial charge in [-0.1, -0.05) is 36.4 Å². The lowest BCUT2D eigenvalue weighted by Crippen LogP contribution is -2.13. The number of hydrogen-bond acceptors (Lipinski definition) is 3. The third-order valence-corrected chi connectivity index (χ3v) is 3.75. The van der Waals surface area contributed by atoms with E-state index in [1.807, 2.05) is 43.3 Å². The Morgan fingerprint density at radius 1 is 1.05 bits per heavy atom. The van der Waals surface area contributed by atoms with Crippen LogP contribution in [0.25, 0.3) is 0 Å². The first-order chi connectivity index (χ1) is 10.3. The van der Waals surface area contributed by atoms with E-state index in [1.54, 1.807) is 0 Å². The maximum atomic E-state index is 11.7. The molecule has 21 heavy (non-hydrogen) atoms. The number of carbonyl (C=O) groups is 1. The maximum Gasteiger partial charge on any atom is 0.305 e. The normalized spacial score (nSPS) is 13.0. The predicted molar refractivity (Wildman–Crippen MR) is 80.7 cm³/mol. The van der Waals surface area contributed by atoms with Crippen molar-refractivity contribution in [1.29, 1.82) is 0 Å². The van der Waals surface area contributed by atoms with Gasteiger partial charge in [0.05, 0.1) is 6.61 Å². The molecule has 0 N–H and O–H groups in total. The molecule has 1 aliphatic rings. The monoisotopic (exact) mass is 282 g/mol. The first-order valence-electron chi connectivity index (χ1n) is 7.31. The Kier molecular flexibility index (Phi) is 3.91. The molecule has 2 aromatic rings. The van der Waals surface area contributed by atoms with E-state index in [0.29, 0.717) is 13.0 Å². The lowest BCUT2D eigenvalue weighted by atomic mass is 9.85. The molecule has 3 rings (SSSR count). The molecule has 0 fully saturated rings. The fourth-order valence-electron chi connectivity index (χ4n) is 2.82. The molecule has 108 valence electrons. The molecule has 1 heterocycles. The summed E-state index contributed by atoms with van der Waals surface area (Å²) in [5, 5.41) is 0. The van der Waals surface area contributed by atoms with Gasteiger partial charge in [-0.25, -0.2) is 0 Å².